The molecule has 23 heavy (non-hydrogen) atoms. The van der Waals surface area contributed by atoms with Gasteiger partial charge in [0.05, 0.1) is 6.61 Å². The standard InChI is InChI=1S/C19H21NO3/c21-14-13-20(15-16-7-3-1-4-8-16)19(23)12-11-18(22)17-9-5-2-6-10-17/h1-10,21H,11-15H2. The van der Waals surface area contributed by atoms with Crippen molar-refractivity contribution in [2.45, 2.75) is 19.4 Å². The number of hydrogen-bond acceptors (Lipinski definition) is 3. The van der Waals surface area contributed by atoms with Crippen LogP contribution in [0.25, 0.3) is 0 Å². The molecule has 0 spiro atoms. The number of ketones is 1. The van der Waals surface area contributed by atoms with Gasteiger partial charge < -0.3 is 10.0 Å². The lowest BCUT2D eigenvalue weighted by Crippen LogP contribution is -2.33. The van der Waals surface area contributed by atoms with Crippen molar-refractivity contribution in [3.05, 3.63) is 71.8 Å². The number of hydrogen-bond donors (Lipinski definition) is 1. The van der Waals surface area contributed by atoms with Gasteiger partial charge in [0.15, 0.2) is 5.78 Å². The quantitative estimate of drug-likeness (QED) is 0.763. The van der Waals surface area contributed by atoms with Gasteiger partial charge in [-0.1, -0.05) is 60.7 Å². The Bertz CT molecular complexity index is 626. The molecule has 2 rings (SSSR count). The molecule has 0 bridgehead atoms. The van der Waals surface area contributed by atoms with E-state index in [1.165, 1.54) is 0 Å². The molecule has 0 aliphatic heterocycles. The van der Waals surface area contributed by atoms with E-state index in [4.69, 9.17) is 5.11 Å². The Labute approximate surface area is 136 Å². The van der Waals surface area contributed by atoms with Crippen LogP contribution in [-0.4, -0.2) is 34.8 Å². The fraction of sp³-hybridized carbons (Fsp3) is 0.263. The lowest BCUT2D eigenvalue weighted by molar-refractivity contribution is -0.132. The van der Waals surface area contributed by atoms with E-state index >= 15 is 0 Å². The molecule has 1 amide bonds. The van der Waals surface area contributed by atoms with Crippen molar-refractivity contribution in [2.24, 2.45) is 0 Å². The van der Waals surface area contributed by atoms with Crippen molar-refractivity contribution in [3.63, 3.8) is 0 Å². The molecule has 0 aromatic heterocycles. The second-order valence-corrected chi connectivity index (χ2v) is 5.31. The van der Waals surface area contributed by atoms with Crippen LogP contribution in [0, 0.1) is 0 Å². The normalized spacial score (nSPS) is 10.3. The number of aliphatic hydroxyl groups excluding tert-OH is 1. The van der Waals surface area contributed by atoms with Crippen molar-refractivity contribution in [1.29, 1.82) is 0 Å². The van der Waals surface area contributed by atoms with Gasteiger partial charge in [-0.2, -0.15) is 0 Å². The fourth-order valence-corrected chi connectivity index (χ4v) is 2.36. The Kier molecular flexibility index (Phi) is 6.51. The predicted octanol–water partition coefficient (Wildman–Crippen LogP) is 2.67. The highest BCUT2D eigenvalue weighted by molar-refractivity contribution is 5.97. The predicted molar refractivity (Wildman–Crippen MR) is 89.0 cm³/mol. The summed E-state index contributed by atoms with van der Waals surface area (Å²) in [7, 11) is 0. The third-order valence-electron chi connectivity index (χ3n) is 3.60. The third-order valence-corrected chi connectivity index (χ3v) is 3.60. The van der Waals surface area contributed by atoms with E-state index in [1.807, 2.05) is 48.5 Å². The highest BCUT2D eigenvalue weighted by Crippen LogP contribution is 2.10. The Morgan fingerprint density at radius 1 is 0.870 bits per heavy atom. The van der Waals surface area contributed by atoms with E-state index in [1.54, 1.807) is 17.0 Å². The van der Waals surface area contributed by atoms with E-state index in [-0.39, 0.29) is 37.7 Å². The average Bonchev–Trinajstić information content (AvgIpc) is 2.60. The van der Waals surface area contributed by atoms with Crippen molar-refractivity contribution < 1.29 is 14.7 Å². The molecule has 0 radical (unpaired) electrons. The molecule has 0 aliphatic rings. The van der Waals surface area contributed by atoms with Crippen molar-refractivity contribution >= 4 is 11.7 Å². The van der Waals surface area contributed by atoms with Crippen LogP contribution in [-0.2, 0) is 11.3 Å². The van der Waals surface area contributed by atoms with Crippen LogP contribution in [0.1, 0.15) is 28.8 Å². The van der Waals surface area contributed by atoms with Crippen LogP contribution in [0.15, 0.2) is 60.7 Å². The van der Waals surface area contributed by atoms with Gasteiger partial charge in [0.1, 0.15) is 0 Å². The van der Waals surface area contributed by atoms with Crippen molar-refractivity contribution in [2.75, 3.05) is 13.2 Å². The van der Waals surface area contributed by atoms with Crippen LogP contribution in [0.3, 0.4) is 0 Å². The molecule has 2 aromatic carbocycles. The molecule has 0 aliphatic carbocycles. The number of Topliss-reactive ketones (excluding diaryl/α,β-unsaturated/α-hetero) is 1. The monoisotopic (exact) mass is 311 g/mol. The number of carbonyl (C=O) groups excluding carboxylic acids is 2. The summed E-state index contributed by atoms with van der Waals surface area (Å²) in [4.78, 5) is 26.0. The van der Waals surface area contributed by atoms with Gasteiger partial charge >= 0.3 is 0 Å². The summed E-state index contributed by atoms with van der Waals surface area (Å²) in [6.45, 7) is 0.623. The Morgan fingerprint density at radius 2 is 1.48 bits per heavy atom. The molecule has 0 heterocycles. The van der Waals surface area contributed by atoms with E-state index in [9.17, 15) is 9.59 Å². The minimum Gasteiger partial charge on any atom is -0.395 e. The number of amides is 1. The minimum atomic E-state index is -0.118. The van der Waals surface area contributed by atoms with E-state index in [0.29, 0.717) is 12.1 Å². The molecule has 0 unspecified atom stereocenters. The molecule has 0 saturated carbocycles. The topological polar surface area (TPSA) is 57.6 Å². The maximum Gasteiger partial charge on any atom is 0.223 e. The first-order chi connectivity index (χ1) is 11.2. The number of nitrogens with zero attached hydrogens (tertiary/aromatic N) is 1. The zero-order valence-corrected chi connectivity index (χ0v) is 13.0. The van der Waals surface area contributed by atoms with Crippen LogP contribution >= 0.6 is 0 Å². The maximum absolute atomic E-state index is 12.3. The third kappa shape index (κ3) is 5.34. The summed E-state index contributed by atoms with van der Waals surface area (Å²) in [5, 5.41) is 9.16. The van der Waals surface area contributed by atoms with Crippen LogP contribution in [0.4, 0.5) is 0 Å². The van der Waals surface area contributed by atoms with Gasteiger partial charge in [-0.3, -0.25) is 9.59 Å². The van der Waals surface area contributed by atoms with Crippen molar-refractivity contribution in [1.82, 2.24) is 4.90 Å². The number of benzene rings is 2. The lowest BCUT2D eigenvalue weighted by Gasteiger charge is -2.22. The molecule has 0 saturated heterocycles. The molecule has 1 N–H and O–H groups in total. The molecule has 120 valence electrons. The second-order valence-electron chi connectivity index (χ2n) is 5.31. The molecular weight excluding hydrogens is 290 g/mol. The van der Waals surface area contributed by atoms with Gasteiger partial charge in [0.25, 0.3) is 0 Å². The fourth-order valence-electron chi connectivity index (χ4n) is 2.36. The van der Waals surface area contributed by atoms with Crippen LogP contribution < -0.4 is 0 Å². The largest absolute Gasteiger partial charge is 0.395 e. The smallest absolute Gasteiger partial charge is 0.223 e. The molecule has 4 nitrogen and oxygen atoms in total. The molecular formula is C19H21NO3. The van der Waals surface area contributed by atoms with Gasteiger partial charge in [-0.05, 0) is 5.56 Å². The summed E-state index contributed by atoms with van der Waals surface area (Å²) in [6.07, 6.45) is 0.333. The first-order valence-corrected chi connectivity index (χ1v) is 7.71. The summed E-state index contributed by atoms with van der Waals surface area (Å²) < 4.78 is 0. The highest BCUT2D eigenvalue weighted by Gasteiger charge is 2.15. The molecule has 0 atom stereocenters. The Balaban J connectivity index is 1.92. The first-order valence-electron chi connectivity index (χ1n) is 7.71. The maximum atomic E-state index is 12.3. The number of aliphatic hydroxyl groups is 1. The summed E-state index contributed by atoms with van der Waals surface area (Å²) in [5.74, 6) is -0.158. The zero-order valence-electron chi connectivity index (χ0n) is 13.0. The van der Waals surface area contributed by atoms with E-state index in [0.717, 1.165) is 5.56 Å². The molecule has 4 heteroatoms. The molecule has 0 fully saturated rings. The summed E-state index contributed by atoms with van der Waals surface area (Å²) >= 11 is 0. The number of rotatable bonds is 8. The second kappa shape index (κ2) is 8.86. The summed E-state index contributed by atoms with van der Waals surface area (Å²) in [6, 6.07) is 18.6. The summed E-state index contributed by atoms with van der Waals surface area (Å²) in [5.41, 5.74) is 1.63. The Morgan fingerprint density at radius 3 is 2.09 bits per heavy atom. The van der Waals surface area contributed by atoms with Crippen LogP contribution in [0.2, 0.25) is 0 Å². The van der Waals surface area contributed by atoms with Gasteiger partial charge in [-0.25, -0.2) is 0 Å². The minimum absolute atomic E-state index is 0.0393. The molecule has 2 aromatic rings. The first kappa shape index (κ1) is 16.9. The van der Waals surface area contributed by atoms with Gasteiger partial charge in [0, 0.05) is 31.5 Å². The van der Waals surface area contributed by atoms with Gasteiger partial charge in [0.2, 0.25) is 5.91 Å². The highest BCUT2D eigenvalue weighted by atomic mass is 16.3. The lowest BCUT2D eigenvalue weighted by atomic mass is 10.1. The Hall–Kier alpha value is -2.46. The van der Waals surface area contributed by atoms with E-state index < -0.39 is 0 Å². The van der Waals surface area contributed by atoms with Crippen molar-refractivity contribution in [3.8, 4) is 0 Å². The zero-order chi connectivity index (χ0) is 16.5. The number of carbonyl (C=O) groups is 2. The van der Waals surface area contributed by atoms with Crippen LogP contribution in [0.5, 0.6) is 0 Å². The SMILES string of the molecule is O=C(CCC(=O)N(CCO)Cc1ccccc1)c1ccccc1. The van der Waals surface area contributed by atoms with Gasteiger partial charge in [-0.15, -0.1) is 0 Å². The average molecular weight is 311 g/mol. The van der Waals surface area contributed by atoms with E-state index in [2.05, 4.69) is 0 Å².